The average molecular weight is 439 g/mol. The fourth-order valence-corrected chi connectivity index (χ4v) is 3.03. The molecule has 1 N–H and O–H groups in total. The van der Waals surface area contributed by atoms with Gasteiger partial charge in [0.25, 0.3) is 11.6 Å². The SMILES string of the molecule is Cc1ccc([N+](=O)[O-])c(NC(=O)COc2ccc(C(=O)c3ccc(Cl)cc3)cc2)c1C. The van der Waals surface area contributed by atoms with Crippen molar-refractivity contribution in [2.45, 2.75) is 13.8 Å². The van der Waals surface area contributed by atoms with Crippen LogP contribution in [0, 0.1) is 24.0 Å². The minimum absolute atomic E-state index is 0.155. The van der Waals surface area contributed by atoms with Crippen LogP contribution in [0.3, 0.4) is 0 Å². The van der Waals surface area contributed by atoms with Crippen LogP contribution < -0.4 is 10.1 Å². The molecule has 0 heterocycles. The second-order valence-corrected chi connectivity index (χ2v) is 7.29. The maximum atomic E-state index is 12.5. The summed E-state index contributed by atoms with van der Waals surface area (Å²) < 4.78 is 5.46. The van der Waals surface area contributed by atoms with Crippen LogP contribution in [-0.2, 0) is 4.79 Å². The number of rotatable bonds is 7. The van der Waals surface area contributed by atoms with Gasteiger partial charge in [-0.3, -0.25) is 19.7 Å². The molecule has 0 unspecified atom stereocenters. The Morgan fingerprint density at radius 1 is 0.968 bits per heavy atom. The fraction of sp³-hybridized carbons (Fsp3) is 0.130. The van der Waals surface area contributed by atoms with Crippen molar-refractivity contribution in [1.82, 2.24) is 0 Å². The number of hydrogen-bond acceptors (Lipinski definition) is 5. The molecule has 0 aliphatic carbocycles. The molecule has 3 rings (SSSR count). The van der Waals surface area contributed by atoms with Crippen LogP contribution >= 0.6 is 11.6 Å². The van der Waals surface area contributed by atoms with E-state index in [0.29, 0.717) is 27.5 Å². The Hall–Kier alpha value is -3.71. The van der Waals surface area contributed by atoms with E-state index in [9.17, 15) is 19.7 Å². The lowest BCUT2D eigenvalue weighted by Gasteiger charge is -2.12. The highest BCUT2D eigenvalue weighted by atomic mass is 35.5. The number of amides is 1. The molecule has 3 aromatic carbocycles. The highest BCUT2D eigenvalue weighted by Crippen LogP contribution is 2.30. The van der Waals surface area contributed by atoms with Crippen molar-refractivity contribution in [1.29, 1.82) is 0 Å². The minimum Gasteiger partial charge on any atom is -0.484 e. The van der Waals surface area contributed by atoms with Gasteiger partial charge in [0.05, 0.1) is 4.92 Å². The Bertz CT molecular complexity index is 1140. The molecule has 7 nitrogen and oxygen atoms in total. The first-order chi connectivity index (χ1) is 14.8. The second-order valence-electron chi connectivity index (χ2n) is 6.86. The summed E-state index contributed by atoms with van der Waals surface area (Å²) in [4.78, 5) is 35.5. The molecule has 0 aliphatic rings. The third-order valence-corrected chi connectivity index (χ3v) is 5.02. The molecule has 0 spiro atoms. The van der Waals surface area contributed by atoms with Crippen molar-refractivity contribution in [3.05, 3.63) is 98.1 Å². The van der Waals surface area contributed by atoms with Crippen LogP contribution in [0.25, 0.3) is 0 Å². The molecule has 3 aromatic rings. The third kappa shape index (κ3) is 5.26. The number of halogens is 1. The number of aryl methyl sites for hydroxylation is 1. The lowest BCUT2D eigenvalue weighted by atomic mass is 10.0. The quantitative estimate of drug-likeness (QED) is 0.314. The number of carbonyl (C=O) groups excluding carboxylic acids is 2. The van der Waals surface area contributed by atoms with Crippen molar-refractivity contribution >= 4 is 34.7 Å². The van der Waals surface area contributed by atoms with E-state index in [1.807, 2.05) is 0 Å². The summed E-state index contributed by atoms with van der Waals surface area (Å²) in [6.45, 7) is 3.17. The van der Waals surface area contributed by atoms with E-state index in [-0.39, 0.29) is 23.8 Å². The number of nitrogens with zero attached hydrogens (tertiary/aromatic N) is 1. The zero-order valence-electron chi connectivity index (χ0n) is 16.8. The van der Waals surface area contributed by atoms with Crippen LogP contribution in [0.4, 0.5) is 11.4 Å². The lowest BCUT2D eigenvalue weighted by Crippen LogP contribution is -2.21. The highest BCUT2D eigenvalue weighted by Gasteiger charge is 2.19. The molecule has 0 radical (unpaired) electrons. The van der Waals surface area contributed by atoms with Crippen LogP contribution in [0.15, 0.2) is 60.7 Å². The van der Waals surface area contributed by atoms with Crippen LogP contribution in [0.2, 0.25) is 5.02 Å². The van der Waals surface area contributed by atoms with Gasteiger partial charge in [-0.2, -0.15) is 0 Å². The molecule has 0 aromatic heterocycles. The van der Waals surface area contributed by atoms with E-state index in [1.165, 1.54) is 6.07 Å². The number of ether oxygens (including phenoxy) is 1. The predicted molar refractivity (Wildman–Crippen MR) is 118 cm³/mol. The average Bonchev–Trinajstić information content (AvgIpc) is 2.76. The Morgan fingerprint density at radius 2 is 1.55 bits per heavy atom. The van der Waals surface area contributed by atoms with Gasteiger partial charge in [-0.1, -0.05) is 17.7 Å². The first-order valence-corrected chi connectivity index (χ1v) is 9.71. The summed E-state index contributed by atoms with van der Waals surface area (Å²) in [5.41, 5.74) is 2.39. The van der Waals surface area contributed by atoms with Gasteiger partial charge in [-0.25, -0.2) is 0 Å². The predicted octanol–water partition coefficient (Wildman–Crippen LogP) is 5.11. The van der Waals surface area contributed by atoms with Crippen LogP contribution in [-0.4, -0.2) is 23.2 Å². The Labute approximate surface area is 183 Å². The fourth-order valence-electron chi connectivity index (χ4n) is 2.91. The van der Waals surface area contributed by atoms with Crippen molar-refractivity contribution in [3.8, 4) is 5.75 Å². The molecule has 0 saturated heterocycles. The summed E-state index contributed by atoms with van der Waals surface area (Å²) >= 11 is 5.84. The number of nitro benzene ring substituents is 1. The number of hydrogen-bond donors (Lipinski definition) is 1. The van der Waals surface area contributed by atoms with Gasteiger partial charge >= 0.3 is 0 Å². The molecule has 0 atom stereocenters. The molecule has 0 aliphatic heterocycles. The smallest absolute Gasteiger partial charge is 0.293 e. The maximum absolute atomic E-state index is 12.5. The van der Waals surface area contributed by atoms with Gasteiger partial charge in [-0.05, 0) is 73.5 Å². The van der Waals surface area contributed by atoms with Gasteiger partial charge in [0, 0.05) is 22.2 Å². The van der Waals surface area contributed by atoms with Gasteiger partial charge < -0.3 is 10.1 Å². The number of anilines is 1. The van der Waals surface area contributed by atoms with Crippen molar-refractivity contribution < 1.29 is 19.2 Å². The summed E-state index contributed by atoms with van der Waals surface area (Å²) in [6.07, 6.45) is 0. The van der Waals surface area contributed by atoms with Gasteiger partial charge in [0.2, 0.25) is 0 Å². The Balaban J connectivity index is 1.64. The Kier molecular flexibility index (Phi) is 6.67. The highest BCUT2D eigenvalue weighted by molar-refractivity contribution is 6.30. The first-order valence-electron chi connectivity index (χ1n) is 9.34. The molecule has 158 valence electrons. The van der Waals surface area contributed by atoms with E-state index in [2.05, 4.69) is 5.32 Å². The number of ketones is 1. The topological polar surface area (TPSA) is 98.5 Å². The number of carbonyl (C=O) groups is 2. The monoisotopic (exact) mass is 438 g/mol. The number of nitrogens with one attached hydrogen (secondary N) is 1. The minimum atomic E-state index is -0.542. The number of benzene rings is 3. The molecule has 8 heteroatoms. The largest absolute Gasteiger partial charge is 0.484 e. The van der Waals surface area contributed by atoms with Gasteiger partial charge in [-0.15, -0.1) is 0 Å². The molecular formula is C23H19ClN2O5. The van der Waals surface area contributed by atoms with Crippen molar-refractivity contribution in [2.75, 3.05) is 11.9 Å². The zero-order chi connectivity index (χ0) is 22.5. The molecule has 31 heavy (non-hydrogen) atoms. The van der Waals surface area contributed by atoms with Crippen LogP contribution in [0.1, 0.15) is 27.0 Å². The van der Waals surface area contributed by atoms with E-state index >= 15 is 0 Å². The molecule has 0 bridgehead atoms. The first kappa shape index (κ1) is 22.0. The van der Waals surface area contributed by atoms with Crippen molar-refractivity contribution in [3.63, 3.8) is 0 Å². The van der Waals surface area contributed by atoms with E-state index < -0.39 is 10.8 Å². The summed E-state index contributed by atoms with van der Waals surface area (Å²) in [5.74, 6) is -0.306. The van der Waals surface area contributed by atoms with Crippen molar-refractivity contribution in [2.24, 2.45) is 0 Å². The zero-order valence-corrected chi connectivity index (χ0v) is 17.6. The summed E-state index contributed by atoms with van der Waals surface area (Å²) in [5, 5.41) is 14.3. The Morgan fingerprint density at radius 3 is 2.13 bits per heavy atom. The summed E-state index contributed by atoms with van der Waals surface area (Å²) in [7, 11) is 0. The van der Waals surface area contributed by atoms with E-state index in [0.717, 1.165) is 5.56 Å². The summed E-state index contributed by atoms with van der Waals surface area (Å²) in [6, 6.07) is 15.9. The number of nitro groups is 1. The molecule has 0 saturated carbocycles. The normalized spacial score (nSPS) is 10.4. The van der Waals surface area contributed by atoms with E-state index in [4.69, 9.17) is 16.3 Å². The van der Waals surface area contributed by atoms with Gasteiger partial charge in [0.15, 0.2) is 12.4 Å². The second kappa shape index (κ2) is 9.40. The lowest BCUT2D eigenvalue weighted by molar-refractivity contribution is -0.384. The molecule has 1 amide bonds. The standard InChI is InChI=1S/C23H19ClN2O5/c1-14-3-12-20(26(29)30)22(15(14)2)25-21(27)13-31-19-10-6-17(7-11-19)23(28)16-4-8-18(24)9-5-16/h3-12H,13H2,1-2H3,(H,25,27). The van der Waals surface area contributed by atoms with Gasteiger partial charge in [0.1, 0.15) is 11.4 Å². The van der Waals surface area contributed by atoms with Crippen LogP contribution in [0.5, 0.6) is 5.75 Å². The molecular weight excluding hydrogens is 420 g/mol. The maximum Gasteiger partial charge on any atom is 0.293 e. The van der Waals surface area contributed by atoms with E-state index in [1.54, 1.807) is 68.4 Å². The third-order valence-electron chi connectivity index (χ3n) is 4.77. The molecule has 0 fully saturated rings.